The van der Waals surface area contributed by atoms with E-state index in [4.69, 9.17) is 5.14 Å². The van der Waals surface area contributed by atoms with Crippen molar-refractivity contribution in [2.24, 2.45) is 22.9 Å². The Bertz CT molecular complexity index is 984. The van der Waals surface area contributed by atoms with Crippen molar-refractivity contribution in [3.8, 4) is 0 Å². The summed E-state index contributed by atoms with van der Waals surface area (Å²) < 4.78 is 26.4. The molecule has 5 aliphatic carbocycles. The van der Waals surface area contributed by atoms with Crippen LogP contribution in [0.5, 0.6) is 0 Å². The lowest BCUT2D eigenvalue weighted by Gasteiger charge is -2.61. The van der Waals surface area contributed by atoms with Crippen LogP contribution in [0, 0.1) is 17.8 Å². The molecule has 1 aromatic carbocycles. The van der Waals surface area contributed by atoms with Gasteiger partial charge in [-0.05, 0) is 73.8 Å². The standard InChI is InChI=1S/C22H30N4O3S/c1-25-20(27)26(13-22(25)11-15-4-2-3-5-16(15)12-22)19-17-6-14-7-18(19)10-21(8-14,9-17)24-30(23,28)29/h2-5,14,17-19,24H,6-13H2,1H3,(H2,23,28,29). The molecule has 8 heteroatoms. The molecule has 7 nitrogen and oxygen atoms in total. The van der Waals surface area contributed by atoms with Crippen LogP contribution in [-0.4, -0.2) is 55.0 Å². The predicted octanol–water partition coefficient (Wildman–Crippen LogP) is 1.63. The second kappa shape index (κ2) is 5.99. The quantitative estimate of drug-likeness (QED) is 0.763. The third-order valence-corrected chi connectivity index (χ3v) is 9.53. The van der Waals surface area contributed by atoms with Crippen LogP contribution < -0.4 is 9.86 Å². The van der Waals surface area contributed by atoms with Crippen molar-refractivity contribution < 1.29 is 13.2 Å². The van der Waals surface area contributed by atoms with Gasteiger partial charge in [0.15, 0.2) is 0 Å². The Morgan fingerprint density at radius 1 is 1.07 bits per heavy atom. The molecule has 7 rings (SSSR count). The van der Waals surface area contributed by atoms with E-state index in [0.717, 1.165) is 51.5 Å². The lowest BCUT2D eigenvalue weighted by molar-refractivity contribution is -0.0667. The third kappa shape index (κ3) is 2.69. The summed E-state index contributed by atoms with van der Waals surface area (Å²) in [4.78, 5) is 17.6. The van der Waals surface area contributed by atoms with Crippen LogP contribution in [0.4, 0.5) is 4.79 Å². The van der Waals surface area contributed by atoms with Crippen molar-refractivity contribution in [3.05, 3.63) is 35.4 Å². The highest BCUT2D eigenvalue weighted by Gasteiger charge is 2.61. The number of fused-ring (bicyclic) bond motifs is 1. The van der Waals surface area contributed by atoms with Crippen LogP contribution in [0.1, 0.15) is 43.2 Å². The zero-order chi connectivity index (χ0) is 20.9. The minimum Gasteiger partial charge on any atom is -0.320 e. The van der Waals surface area contributed by atoms with E-state index in [2.05, 4.69) is 33.9 Å². The molecule has 6 aliphatic rings. The summed E-state index contributed by atoms with van der Waals surface area (Å²) in [6.07, 6.45) is 6.50. The number of rotatable bonds is 3. The lowest BCUT2D eigenvalue weighted by Crippen LogP contribution is -2.67. The Kier molecular flexibility index (Phi) is 3.81. The fourth-order valence-electron chi connectivity index (χ4n) is 8.08. The predicted molar refractivity (Wildman–Crippen MR) is 113 cm³/mol. The number of hydrogen-bond acceptors (Lipinski definition) is 3. The summed E-state index contributed by atoms with van der Waals surface area (Å²) in [6, 6.07) is 8.92. The largest absolute Gasteiger partial charge is 0.320 e. The Balaban J connectivity index is 1.28. The van der Waals surface area contributed by atoms with E-state index >= 15 is 0 Å². The molecule has 1 aliphatic heterocycles. The molecule has 0 aromatic heterocycles. The number of hydrogen-bond donors (Lipinski definition) is 2. The Morgan fingerprint density at radius 2 is 1.67 bits per heavy atom. The molecule has 5 fully saturated rings. The first-order valence-electron chi connectivity index (χ1n) is 11.1. The van der Waals surface area contributed by atoms with Gasteiger partial charge in [0.1, 0.15) is 0 Å². The molecule has 2 unspecified atom stereocenters. The summed E-state index contributed by atoms with van der Waals surface area (Å²) >= 11 is 0. The summed E-state index contributed by atoms with van der Waals surface area (Å²) in [5.74, 6) is 1.23. The first-order chi connectivity index (χ1) is 14.2. The molecular formula is C22H30N4O3S. The van der Waals surface area contributed by atoms with E-state index < -0.39 is 15.7 Å². The first-order valence-corrected chi connectivity index (χ1v) is 12.6. The molecule has 0 radical (unpaired) electrons. The van der Waals surface area contributed by atoms with Crippen molar-refractivity contribution in [2.45, 2.75) is 62.1 Å². The highest BCUT2D eigenvalue weighted by molar-refractivity contribution is 7.87. The van der Waals surface area contributed by atoms with Gasteiger partial charge in [-0.15, -0.1) is 0 Å². The number of nitrogens with zero attached hydrogens (tertiary/aromatic N) is 2. The van der Waals surface area contributed by atoms with Crippen LogP contribution >= 0.6 is 0 Å². The summed E-state index contributed by atoms with van der Waals surface area (Å²) in [5.41, 5.74) is 2.17. The lowest BCUT2D eigenvalue weighted by atomic mass is 9.51. The Hall–Kier alpha value is -1.64. The zero-order valence-corrected chi connectivity index (χ0v) is 18.2. The second-order valence-corrected chi connectivity index (χ2v) is 12.0. The molecule has 1 spiro atoms. The zero-order valence-electron chi connectivity index (χ0n) is 17.4. The molecule has 4 saturated carbocycles. The second-order valence-electron chi connectivity index (χ2n) is 10.7. The number of likely N-dealkylation sites (N-methyl/N-ethyl adjacent to an activating group) is 1. The average molecular weight is 431 g/mol. The maximum Gasteiger partial charge on any atom is 0.320 e. The van der Waals surface area contributed by atoms with Gasteiger partial charge in [0.25, 0.3) is 10.2 Å². The van der Waals surface area contributed by atoms with Crippen molar-refractivity contribution in [3.63, 3.8) is 0 Å². The fourth-order valence-corrected chi connectivity index (χ4v) is 8.93. The van der Waals surface area contributed by atoms with Gasteiger partial charge >= 0.3 is 6.03 Å². The number of nitrogens with one attached hydrogen (secondary N) is 1. The molecule has 30 heavy (non-hydrogen) atoms. The van der Waals surface area contributed by atoms with E-state index in [1.807, 2.05) is 11.9 Å². The normalized spacial score (nSPS) is 38.7. The summed E-state index contributed by atoms with van der Waals surface area (Å²) in [5, 5.41) is 5.36. The molecular weight excluding hydrogens is 400 g/mol. The van der Waals surface area contributed by atoms with Crippen LogP contribution in [0.3, 0.4) is 0 Å². The maximum atomic E-state index is 13.5. The van der Waals surface area contributed by atoms with E-state index in [9.17, 15) is 13.2 Å². The van der Waals surface area contributed by atoms with Crippen LogP contribution in [-0.2, 0) is 23.1 Å². The van der Waals surface area contributed by atoms with Gasteiger partial charge in [0.05, 0.1) is 5.54 Å². The van der Waals surface area contributed by atoms with Gasteiger partial charge in [-0.25, -0.2) is 9.93 Å². The molecule has 4 bridgehead atoms. The summed E-state index contributed by atoms with van der Waals surface area (Å²) in [6.45, 7) is 0.773. The molecule has 1 aromatic rings. The van der Waals surface area contributed by atoms with Gasteiger partial charge in [0.2, 0.25) is 0 Å². The Labute approximate surface area is 178 Å². The van der Waals surface area contributed by atoms with Gasteiger partial charge in [0, 0.05) is 25.2 Å². The maximum absolute atomic E-state index is 13.5. The van der Waals surface area contributed by atoms with E-state index in [0.29, 0.717) is 17.8 Å². The number of nitrogens with two attached hydrogens (primary N) is 1. The van der Waals surface area contributed by atoms with Crippen LogP contribution in [0.15, 0.2) is 24.3 Å². The van der Waals surface area contributed by atoms with Gasteiger partial charge in [-0.2, -0.15) is 13.1 Å². The van der Waals surface area contributed by atoms with Gasteiger partial charge in [-0.3, -0.25) is 0 Å². The van der Waals surface area contributed by atoms with Crippen molar-refractivity contribution in [1.29, 1.82) is 0 Å². The monoisotopic (exact) mass is 430 g/mol. The minimum atomic E-state index is -3.73. The molecule has 3 N–H and O–H groups in total. The molecule has 1 saturated heterocycles. The number of amides is 2. The number of carbonyl (C=O) groups is 1. The smallest absolute Gasteiger partial charge is 0.320 e. The van der Waals surface area contributed by atoms with E-state index in [-0.39, 0.29) is 17.6 Å². The SMILES string of the molecule is CN1C(=O)N(C2C3CC4CC2CC(NS(N)(=O)=O)(C4)C3)CC12Cc1ccccc1C2. The highest BCUT2D eigenvalue weighted by Crippen LogP contribution is 2.58. The minimum absolute atomic E-state index is 0.147. The fraction of sp³-hybridized carbons (Fsp3) is 0.682. The van der Waals surface area contributed by atoms with E-state index in [1.165, 1.54) is 11.1 Å². The van der Waals surface area contributed by atoms with Crippen LogP contribution in [0.2, 0.25) is 0 Å². The van der Waals surface area contributed by atoms with Gasteiger partial charge in [-0.1, -0.05) is 24.3 Å². The number of carbonyl (C=O) groups excluding carboxylic acids is 1. The molecule has 2 atom stereocenters. The van der Waals surface area contributed by atoms with Crippen molar-refractivity contribution >= 4 is 16.2 Å². The average Bonchev–Trinajstić information content (AvgIpc) is 3.12. The van der Waals surface area contributed by atoms with Crippen LogP contribution in [0.25, 0.3) is 0 Å². The third-order valence-electron chi connectivity index (χ3n) is 8.81. The molecule has 1 heterocycles. The first kappa shape index (κ1) is 19.1. The topological polar surface area (TPSA) is 95.7 Å². The highest BCUT2D eigenvalue weighted by atomic mass is 32.2. The van der Waals surface area contributed by atoms with Crippen molar-refractivity contribution in [2.75, 3.05) is 13.6 Å². The summed E-state index contributed by atoms with van der Waals surface area (Å²) in [7, 11) is -1.76. The molecule has 2 amide bonds. The van der Waals surface area contributed by atoms with Crippen molar-refractivity contribution in [1.82, 2.24) is 14.5 Å². The number of urea groups is 1. The van der Waals surface area contributed by atoms with Gasteiger partial charge < -0.3 is 9.80 Å². The molecule has 162 valence electrons. The Morgan fingerprint density at radius 3 is 2.23 bits per heavy atom. The number of benzene rings is 1. The van der Waals surface area contributed by atoms with E-state index in [1.54, 1.807) is 0 Å².